The molecule has 0 spiro atoms. The van der Waals surface area contributed by atoms with E-state index in [0.717, 1.165) is 11.8 Å². The third kappa shape index (κ3) is 3.50. The monoisotopic (exact) mass is 161 g/mol. The van der Waals surface area contributed by atoms with Crippen molar-refractivity contribution in [2.75, 3.05) is 6.26 Å². The van der Waals surface area contributed by atoms with Crippen molar-refractivity contribution in [2.24, 2.45) is 0 Å². The highest BCUT2D eigenvalue weighted by atomic mass is 32.2. The summed E-state index contributed by atoms with van der Waals surface area (Å²) in [7, 11) is 0. The van der Waals surface area contributed by atoms with Crippen molar-refractivity contribution in [3.63, 3.8) is 0 Å². The Morgan fingerprint density at radius 2 is 2.00 bits per heavy atom. The molecule has 3 nitrogen and oxygen atoms in total. The van der Waals surface area contributed by atoms with Gasteiger partial charge in [-0.3, -0.25) is 9.59 Å². The Bertz CT molecular complexity index is 147. The van der Waals surface area contributed by atoms with Gasteiger partial charge in [0.05, 0.1) is 6.04 Å². The fourth-order valence-electron chi connectivity index (χ4n) is 0.541. The topological polar surface area (TPSA) is 46.2 Å². The first-order chi connectivity index (χ1) is 4.57. The van der Waals surface area contributed by atoms with E-state index in [1.54, 1.807) is 13.2 Å². The van der Waals surface area contributed by atoms with E-state index in [4.69, 9.17) is 0 Å². The molecule has 0 aromatic heterocycles. The number of amides is 1. The van der Waals surface area contributed by atoms with Crippen LogP contribution in [0.2, 0.25) is 0 Å². The number of thioether (sulfide) groups is 1. The van der Waals surface area contributed by atoms with Crippen molar-refractivity contribution < 1.29 is 9.59 Å². The summed E-state index contributed by atoms with van der Waals surface area (Å²) >= 11 is 1.12. The molecule has 0 radical (unpaired) electrons. The largest absolute Gasteiger partial charge is 0.346 e. The Morgan fingerprint density at radius 1 is 1.50 bits per heavy atom. The number of hydrogen-bond acceptors (Lipinski definition) is 3. The third-order valence-corrected chi connectivity index (χ3v) is 1.73. The van der Waals surface area contributed by atoms with Gasteiger partial charge >= 0.3 is 0 Å². The Kier molecular flexibility index (Phi) is 4.11. The van der Waals surface area contributed by atoms with Crippen molar-refractivity contribution in [3.8, 4) is 0 Å². The Morgan fingerprint density at radius 3 is 2.30 bits per heavy atom. The molecule has 0 unspecified atom stereocenters. The predicted molar refractivity (Wildman–Crippen MR) is 41.8 cm³/mol. The zero-order chi connectivity index (χ0) is 8.15. The lowest BCUT2D eigenvalue weighted by atomic mass is 10.4. The summed E-state index contributed by atoms with van der Waals surface area (Å²) in [6.45, 7) is 3.06. The number of carbonyl (C=O) groups is 2. The number of hydrogen-bond donors (Lipinski definition) is 1. The van der Waals surface area contributed by atoms with Gasteiger partial charge in [-0.25, -0.2) is 0 Å². The van der Waals surface area contributed by atoms with Crippen LogP contribution in [-0.4, -0.2) is 23.3 Å². The maximum atomic E-state index is 10.8. The van der Waals surface area contributed by atoms with Crippen molar-refractivity contribution in [3.05, 3.63) is 0 Å². The summed E-state index contributed by atoms with van der Waals surface area (Å²) in [6.07, 6.45) is 1.70. The number of carbonyl (C=O) groups excluding carboxylic acids is 2. The molecule has 0 aliphatic rings. The minimum absolute atomic E-state index is 0.0183. The number of rotatable bonds is 2. The minimum atomic E-state index is -0.368. The maximum absolute atomic E-state index is 10.8. The van der Waals surface area contributed by atoms with E-state index in [2.05, 4.69) is 5.32 Å². The van der Waals surface area contributed by atoms with Gasteiger partial charge in [-0.05, 0) is 13.2 Å². The van der Waals surface area contributed by atoms with Gasteiger partial charge in [-0.1, -0.05) is 11.8 Å². The molecule has 0 saturated heterocycles. The van der Waals surface area contributed by atoms with Gasteiger partial charge in [0.1, 0.15) is 0 Å². The molecule has 0 aromatic rings. The molecule has 1 amide bonds. The molecule has 0 aliphatic heterocycles. The Labute approximate surface area is 64.6 Å². The first-order valence-electron chi connectivity index (χ1n) is 2.93. The van der Waals surface area contributed by atoms with E-state index < -0.39 is 0 Å². The molecule has 1 N–H and O–H groups in total. The second kappa shape index (κ2) is 4.33. The summed E-state index contributed by atoms with van der Waals surface area (Å²) in [4.78, 5) is 21.2. The minimum Gasteiger partial charge on any atom is -0.346 e. The smallest absolute Gasteiger partial charge is 0.217 e. The summed E-state index contributed by atoms with van der Waals surface area (Å²) in [6, 6.07) is -0.368. The maximum Gasteiger partial charge on any atom is 0.217 e. The van der Waals surface area contributed by atoms with Gasteiger partial charge in [0.15, 0.2) is 0 Å². The molecule has 58 valence electrons. The lowest BCUT2D eigenvalue weighted by molar-refractivity contribution is -0.122. The zero-order valence-electron chi connectivity index (χ0n) is 6.30. The molecule has 0 bridgehead atoms. The first kappa shape index (κ1) is 9.49. The van der Waals surface area contributed by atoms with Crippen LogP contribution in [0.25, 0.3) is 0 Å². The van der Waals surface area contributed by atoms with Gasteiger partial charge in [0.25, 0.3) is 0 Å². The molecule has 10 heavy (non-hydrogen) atoms. The van der Waals surface area contributed by atoms with Gasteiger partial charge in [0.2, 0.25) is 11.0 Å². The van der Waals surface area contributed by atoms with Crippen LogP contribution in [-0.2, 0) is 9.59 Å². The highest BCUT2D eigenvalue weighted by Crippen LogP contribution is 1.98. The summed E-state index contributed by atoms with van der Waals surface area (Å²) < 4.78 is 0. The van der Waals surface area contributed by atoms with E-state index >= 15 is 0 Å². The molecular weight excluding hydrogens is 150 g/mol. The normalized spacial score (nSPS) is 12.3. The van der Waals surface area contributed by atoms with E-state index in [1.165, 1.54) is 6.92 Å². The quantitative estimate of drug-likeness (QED) is 0.637. The fourth-order valence-corrected chi connectivity index (χ4v) is 0.953. The van der Waals surface area contributed by atoms with Crippen molar-refractivity contribution in [1.82, 2.24) is 5.32 Å². The van der Waals surface area contributed by atoms with Gasteiger partial charge in [-0.15, -0.1) is 0 Å². The summed E-state index contributed by atoms with van der Waals surface area (Å²) in [5.41, 5.74) is 0. The van der Waals surface area contributed by atoms with Gasteiger partial charge in [0, 0.05) is 6.92 Å². The highest BCUT2D eigenvalue weighted by molar-refractivity contribution is 8.13. The van der Waals surface area contributed by atoms with Crippen molar-refractivity contribution in [2.45, 2.75) is 19.9 Å². The molecule has 0 aromatic carbocycles. The van der Waals surface area contributed by atoms with Crippen LogP contribution in [0.3, 0.4) is 0 Å². The van der Waals surface area contributed by atoms with Crippen molar-refractivity contribution in [1.29, 1.82) is 0 Å². The fraction of sp³-hybridized carbons (Fsp3) is 0.667. The Balaban J connectivity index is 3.72. The molecule has 0 aliphatic carbocycles. The SMILES string of the molecule is CSC(=O)[C@H](C)NC(C)=O. The number of nitrogens with one attached hydrogen (secondary N) is 1. The average Bonchev–Trinajstić information content (AvgIpc) is 1.85. The van der Waals surface area contributed by atoms with E-state index in [9.17, 15) is 9.59 Å². The van der Waals surface area contributed by atoms with Crippen LogP contribution in [0.1, 0.15) is 13.8 Å². The van der Waals surface area contributed by atoms with Crippen molar-refractivity contribution >= 4 is 22.8 Å². The third-order valence-electron chi connectivity index (χ3n) is 0.975. The molecule has 1 atom stereocenters. The molecule has 0 rings (SSSR count). The second-order valence-electron chi connectivity index (χ2n) is 1.95. The van der Waals surface area contributed by atoms with Crippen LogP contribution < -0.4 is 5.32 Å². The van der Waals surface area contributed by atoms with E-state index in [-0.39, 0.29) is 17.1 Å². The molecule has 4 heteroatoms. The van der Waals surface area contributed by atoms with E-state index in [1.807, 2.05) is 0 Å². The predicted octanol–water partition coefficient (Wildman–Crippen LogP) is 0.401. The first-order valence-corrected chi connectivity index (χ1v) is 4.15. The highest BCUT2D eigenvalue weighted by Gasteiger charge is 2.10. The Hall–Kier alpha value is -0.510. The summed E-state index contributed by atoms with van der Waals surface area (Å²) in [5, 5.41) is 2.47. The lowest BCUT2D eigenvalue weighted by Gasteiger charge is -2.07. The second-order valence-corrected chi connectivity index (χ2v) is 2.76. The molecule has 0 saturated carbocycles. The van der Waals surface area contributed by atoms with Gasteiger partial charge in [-0.2, -0.15) is 0 Å². The van der Waals surface area contributed by atoms with E-state index in [0.29, 0.717) is 0 Å². The standard InChI is InChI=1S/C6H11NO2S/c1-4(6(9)10-3)7-5(2)8/h4H,1-3H3,(H,7,8)/t4-/m0/s1. The van der Waals surface area contributed by atoms with Crippen LogP contribution >= 0.6 is 11.8 Å². The van der Waals surface area contributed by atoms with Crippen LogP contribution in [0.4, 0.5) is 0 Å². The van der Waals surface area contributed by atoms with Crippen LogP contribution in [0.5, 0.6) is 0 Å². The van der Waals surface area contributed by atoms with Gasteiger partial charge < -0.3 is 5.32 Å². The summed E-state index contributed by atoms with van der Waals surface area (Å²) in [5.74, 6) is -0.171. The molecule has 0 fully saturated rings. The van der Waals surface area contributed by atoms with Crippen LogP contribution in [0, 0.1) is 0 Å². The van der Waals surface area contributed by atoms with Crippen LogP contribution in [0.15, 0.2) is 0 Å². The lowest BCUT2D eigenvalue weighted by Crippen LogP contribution is -2.35. The zero-order valence-corrected chi connectivity index (χ0v) is 7.12. The molecular formula is C6H11NO2S. The average molecular weight is 161 g/mol. The molecule has 0 heterocycles.